The quantitative estimate of drug-likeness (QED) is 0.275. The van der Waals surface area contributed by atoms with Crippen LogP contribution in [0.15, 0.2) is 72.1 Å². The molecule has 0 aromatic carbocycles. The van der Waals surface area contributed by atoms with Gasteiger partial charge in [0.2, 0.25) is 0 Å². The van der Waals surface area contributed by atoms with Crippen LogP contribution in [0.3, 0.4) is 0 Å². The Morgan fingerprint density at radius 1 is 0.960 bits per heavy atom. The van der Waals surface area contributed by atoms with Crippen molar-refractivity contribution < 1.29 is 29.7 Å². The van der Waals surface area contributed by atoms with Crippen molar-refractivity contribution in [1.29, 1.82) is 0 Å². The molecule has 1 unspecified atom stereocenters. The number of hydrogen-bond acceptors (Lipinski definition) is 5. The molecule has 1 aliphatic rings. The number of likely N-dealkylation sites (tertiary alicyclic amines) is 1. The van der Waals surface area contributed by atoms with Gasteiger partial charge < -0.3 is 20.2 Å². The number of Topliss-reactive ketones (excluding diaryl/α,β-unsaturated/α-hetero) is 1. The first-order valence-corrected chi connectivity index (χ1v) is 7.33. The molecule has 0 aromatic heterocycles. The fraction of sp³-hybridized carbons (Fsp3) is 0.167. The van der Waals surface area contributed by atoms with Crippen molar-refractivity contribution in [3.63, 3.8) is 0 Å². The van der Waals surface area contributed by atoms with Gasteiger partial charge in [-0.15, -0.1) is 0 Å². The summed E-state index contributed by atoms with van der Waals surface area (Å²) in [4.78, 5) is 35.1. The highest BCUT2D eigenvalue weighted by Crippen LogP contribution is 2.21. The third-order valence-electron chi connectivity index (χ3n) is 3.25. The average molecular weight is 345 g/mol. The maximum absolute atomic E-state index is 11.9. The van der Waals surface area contributed by atoms with E-state index < -0.39 is 36.1 Å². The van der Waals surface area contributed by atoms with Crippen molar-refractivity contribution >= 4 is 17.7 Å². The van der Waals surface area contributed by atoms with E-state index in [0.29, 0.717) is 0 Å². The van der Waals surface area contributed by atoms with Crippen molar-refractivity contribution in [2.24, 2.45) is 0 Å². The normalized spacial score (nSPS) is 21.2. The van der Waals surface area contributed by atoms with Gasteiger partial charge in [0.05, 0.1) is 6.61 Å². The molecule has 1 atom stereocenters. The van der Waals surface area contributed by atoms with Crippen LogP contribution in [0.1, 0.15) is 0 Å². The summed E-state index contributed by atoms with van der Waals surface area (Å²) in [5, 5.41) is 27.4. The van der Waals surface area contributed by atoms with Gasteiger partial charge in [-0.1, -0.05) is 48.6 Å². The molecule has 1 saturated heterocycles. The number of rotatable bonds is 7. The number of allylic oxidation sites excluding steroid dienone is 9. The highest BCUT2D eigenvalue weighted by Gasteiger charge is 2.42. The average Bonchev–Trinajstić information content (AvgIpc) is 2.78. The number of aliphatic hydroxyl groups is 2. The van der Waals surface area contributed by atoms with Crippen LogP contribution in [0.5, 0.6) is 0 Å². The van der Waals surface area contributed by atoms with E-state index in [1.54, 1.807) is 36.5 Å². The Hall–Kier alpha value is -3.19. The standard InChI is InChI=1S/C18H19NO6/c1-19-13(12-20)17(24)16(18(19)25)14(21)10-8-6-4-2-3-5-7-9-11-15(22)23/h2-11,13,20-21H,12H2,1H3,(H,22,23). The summed E-state index contributed by atoms with van der Waals surface area (Å²) in [7, 11) is 1.38. The van der Waals surface area contributed by atoms with Gasteiger partial charge in [0.25, 0.3) is 5.91 Å². The maximum atomic E-state index is 11.9. The van der Waals surface area contributed by atoms with Gasteiger partial charge in [0, 0.05) is 13.1 Å². The largest absolute Gasteiger partial charge is 0.507 e. The molecule has 1 heterocycles. The number of ketones is 1. The maximum Gasteiger partial charge on any atom is 0.328 e. The number of amides is 1. The Morgan fingerprint density at radius 2 is 1.44 bits per heavy atom. The highest BCUT2D eigenvalue weighted by atomic mass is 16.4. The zero-order chi connectivity index (χ0) is 18.8. The second kappa shape index (κ2) is 9.84. The number of carboxylic acid groups (broad SMARTS) is 1. The van der Waals surface area contributed by atoms with Crippen molar-refractivity contribution in [2.75, 3.05) is 13.7 Å². The molecule has 0 saturated carbocycles. The van der Waals surface area contributed by atoms with Gasteiger partial charge in [-0.2, -0.15) is 0 Å². The highest BCUT2D eigenvalue weighted by molar-refractivity contribution is 6.27. The van der Waals surface area contributed by atoms with Gasteiger partial charge in [-0.25, -0.2) is 4.79 Å². The lowest BCUT2D eigenvalue weighted by atomic mass is 10.1. The second-order valence-electron chi connectivity index (χ2n) is 4.95. The first-order valence-electron chi connectivity index (χ1n) is 7.33. The number of carbonyl (C=O) groups is 3. The number of nitrogens with zero attached hydrogens (tertiary/aromatic N) is 1. The van der Waals surface area contributed by atoms with E-state index in [0.717, 1.165) is 11.0 Å². The number of likely N-dealkylation sites (N-methyl/N-ethyl adjacent to an activating group) is 1. The second-order valence-corrected chi connectivity index (χ2v) is 4.95. The summed E-state index contributed by atoms with van der Waals surface area (Å²) >= 11 is 0. The lowest BCUT2D eigenvalue weighted by molar-refractivity contribution is -0.131. The minimum absolute atomic E-state index is 0.338. The van der Waals surface area contributed by atoms with E-state index >= 15 is 0 Å². The van der Waals surface area contributed by atoms with Crippen molar-refractivity contribution in [3.05, 3.63) is 72.1 Å². The molecule has 7 nitrogen and oxygen atoms in total. The van der Waals surface area contributed by atoms with Crippen molar-refractivity contribution in [2.45, 2.75) is 6.04 Å². The first-order chi connectivity index (χ1) is 11.9. The third-order valence-corrected chi connectivity index (χ3v) is 3.25. The summed E-state index contributed by atoms with van der Waals surface area (Å²) in [6.07, 6.45) is 14.8. The summed E-state index contributed by atoms with van der Waals surface area (Å²) in [5.74, 6) is -2.72. The Bertz CT molecular complexity index is 709. The van der Waals surface area contributed by atoms with Crippen LogP contribution < -0.4 is 0 Å². The molecule has 1 fully saturated rings. The molecule has 1 aliphatic heterocycles. The van der Waals surface area contributed by atoms with E-state index in [4.69, 9.17) is 10.2 Å². The van der Waals surface area contributed by atoms with Crippen LogP contribution in [0.2, 0.25) is 0 Å². The van der Waals surface area contributed by atoms with Crippen LogP contribution in [-0.2, 0) is 14.4 Å². The third kappa shape index (κ3) is 5.74. The molecule has 3 N–H and O–H groups in total. The van der Waals surface area contributed by atoms with E-state index in [1.165, 1.54) is 25.3 Å². The Kier molecular flexibility index (Phi) is 7.81. The molecular formula is C18H19NO6. The van der Waals surface area contributed by atoms with Crippen LogP contribution in [0.4, 0.5) is 0 Å². The molecule has 1 amide bonds. The molecule has 25 heavy (non-hydrogen) atoms. The predicted molar refractivity (Wildman–Crippen MR) is 91.6 cm³/mol. The topological polar surface area (TPSA) is 115 Å². The van der Waals surface area contributed by atoms with Crippen molar-refractivity contribution in [1.82, 2.24) is 4.90 Å². The molecule has 0 aliphatic carbocycles. The number of carboxylic acids is 1. The van der Waals surface area contributed by atoms with E-state index in [2.05, 4.69) is 0 Å². The van der Waals surface area contributed by atoms with Gasteiger partial charge in [0.1, 0.15) is 17.4 Å². The van der Waals surface area contributed by atoms with Crippen LogP contribution >= 0.6 is 0 Å². The molecule has 0 aromatic rings. The summed E-state index contributed by atoms with van der Waals surface area (Å²) in [6, 6.07) is -0.960. The monoisotopic (exact) mass is 345 g/mol. The number of aliphatic hydroxyl groups excluding tert-OH is 2. The smallest absolute Gasteiger partial charge is 0.328 e. The Morgan fingerprint density at radius 3 is 1.88 bits per heavy atom. The van der Waals surface area contributed by atoms with E-state index in [-0.39, 0.29) is 5.57 Å². The molecular weight excluding hydrogens is 326 g/mol. The summed E-state index contributed by atoms with van der Waals surface area (Å²) in [5.41, 5.74) is -0.338. The van der Waals surface area contributed by atoms with Crippen LogP contribution in [-0.4, -0.2) is 57.6 Å². The zero-order valence-corrected chi connectivity index (χ0v) is 13.6. The van der Waals surface area contributed by atoms with Crippen molar-refractivity contribution in [3.8, 4) is 0 Å². The van der Waals surface area contributed by atoms with E-state index in [1.807, 2.05) is 0 Å². The van der Waals surface area contributed by atoms with Gasteiger partial charge >= 0.3 is 5.97 Å². The number of carbonyl (C=O) groups excluding carboxylic acids is 2. The summed E-state index contributed by atoms with van der Waals surface area (Å²) < 4.78 is 0. The molecule has 0 bridgehead atoms. The van der Waals surface area contributed by atoms with Gasteiger partial charge in [-0.3, -0.25) is 9.59 Å². The lowest BCUT2D eigenvalue weighted by Crippen LogP contribution is -2.34. The molecule has 1 rings (SSSR count). The molecule has 132 valence electrons. The number of aliphatic carboxylic acids is 1. The van der Waals surface area contributed by atoms with E-state index in [9.17, 15) is 19.5 Å². The fourth-order valence-corrected chi connectivity index (χ4v) is 1.96. The first kappa shape index (κ1) is 19.9. The minimum atomic E-state index is -1.02. The molecule has 0 spiro atoms. The SMILES string of the molecule is CN1C(=O)C(=C(O)C=CC=CC=CC=CC=CC(=O)O)C(=O)C1CO. The fourth-order valence-electron chi connectivity index (χ4n) is 1.96. The number of hydrogen-bond donors (Lipinski definition) is 3. The molecule has 0 radical (unpaired) electrons. The van der Waals surface area contributed by atoms with Gasteiger partial charge in [0.15, 0.2) is 5.78 Å². The molecule has 7 heteroatoms. The van der Waals surface area contributed by atoms with Gasteiger partial charge in [-0.05, 0) is 6.08 Å². The summed E-state index contributed by atoms with van der Waals surface area (Å²) in [6.45, 7) is -0.499. The lowest BCUT2D eigenvalue weighted by Gasteiger charge is -2.13. The Balaban J connectivity index is 2.65. The minimum Gasteiger partial charge on any atom is -0.507 e. The Labute approximate surface area is 144 Å². The predicted octanol–water partition coefficient (Wildman–Crippen LogP) is 1.07. The van der Waals surface area contributed by atoms with Crippen LogP contribution in [0, 0.1) is 0 Å². The van der Waals surface area contributed by atoms with Crippen LogP contribution in [0.25, 0.3) is 0 Å². The zero-order valence-electron chi connectivity index (χ0n) is 13.6.